The van der Waals surface area contributed by atoms with Crippen LogP contribution < -0.4 is 22.5 Å². The van der Waals surface area contributed by atoms with E-state index in [0.29, 0.717) is 10.6 Å². The summed E-state index contributed by atoms with van der Waals surface area (Å²) in [5.41, 5.74) is 4.16. The summed E-state index contributed by atoms with van der Waals surface area (Å²) in [6.07, 6.45) is 1.78. The highest BCUT2D eigenvalue weighted by molar-refractivity contribution is 6.34. The average molecular weight is 283 g/mol. The lowest BCUT2D eigenvalue weighted by Crippen LogP contribution is -3.00. The molecule has 0 fully saturated rings. The summed E-state index contributed by atoms with van der Waals surface area (Å²) in [7, 11) is 0. The third-order valence-corrected chi connectivity index (χ3v) is 2.73. The summed E-state index contributed by atoms with van der Waals surface area (Å²) in [6, 6.07) is 12.6. The third kappa shape index (κ3) is 3.22. The molecule has 5 heteroatoms. The standard InChI is InChI=1S/C13H11ClN2O.ClH/c1-10-6-4-5-9-16(10)15-13(17)11-7-2-3-8-12(11)14;/h2-9H,1H3;1H. The zero-order valence-electron chi connectivity index (χ0n) is 9.73. The third-order valence-electron chi connectivity index (χ3n) is 2.40. The first-order valence-electron chi connectivity index (χ1n) is 5.21. The first kappa shape index (κ1) is 14.5. The quantitative estimate of drug-likeness (QED) is 0.728. The number of benzene rings is 1. The van der Waals surface area contributed by atoms with Crippen LogP contribution in [-0.2, 0) is 0 Å². The lowest BCUT2D eigenvalue weighted by atomic mass is 10.2. The molecule has 0 aliphatic rings. The molecule has 2 rings (SSSR count). The average Bonchev–Trinajstić information content (AvgIpc) is 2.32. The smallest absolute Gasteiger partial charge is 0.306 e. The first-order chi connectivity index (χ1) is 8.18. The maximum atomic E-state index is 12.0. The second-order valence-electron chi connectivity index (χ2n) is 3.63. The number of halogens is 2. The number of carbonyl (C=O) groups excluding carboxylic acids is 1. The van der Waals surface area contributed by atoms with Gasteiger partial charge in [0.1, 0.15) is 0 Å². The van der Waals surface area contributed by atoms with Crippen LogP contribution in [0.1, 0.15) is 16.1 Å². The predicted octanol–water partition coefficient (Wildman–Crippen LogP) is -0.676. The van der Waals surface area contributed by atoms with Crippen LogP contribution in [0.25, 0.3) is 0 Å². The highest BCUT2D eigenvalue weighted by Gasteiger charge is 2.14. The molecule has 0 saturated carbocycles. The van der Waals surface area contributed by atoms with Gasteiger partial charge in [-0.15, -0.1) is 5.43 Å². The van der Waals surface area contributed by atoms with Crippen molar-refractivity contribution in [3.05, 3.63) is 64.9 Å². The van der Waals surface area contributed by atoms with Crippen molar-refractivity contribution in [3.63, 3.8) is 0 Å². The molecular formula is C13H12Cl2N2O. The minimum Gasteiger partial charge on any atom is -1.00 e. The largest absolute Gasteiger partial charge is 1.00 e. The molecule has 18 heavy (non-hydrogen) atoms. The highest BCUT2D eigenvalue weighted by Crippen LogP contribution is 2.14. The molecule has 0 aliphatic carbocycles. The van der Waals surface area contributed by atoms with E-state index < -0.39 is 0 Å². The molecular weight excluding hydrogens is 271 g/mol. The summed E-state index contributed by atoms with van der Waals surface area (Å²) in [4.78, 5) is 12.0. The number of carbonyl (C=O) groups is 1. The Morgan fingerprint density at radius 1 is 1.17 bits per heavy atom. The second-order valence-corrected chi connectivity index (χ2v) is 4.04. The van der Waals surface area contributed by atoms with E-state index in [2.05, 4.69) is 5.43 Å². The number of nitrogens with one attached hydrogen (secondary N) is 1. The summed E-state index contributed by atoms with van der Waals surface area (Å²) in [5.74, 6) is -0.227. The van der Waals surface area contributed by atoms with Crippen LogP contribution >= 0.6 is 11.6 Å². The molecule has 0 bridgehead atoms. The van der Waals surface area contributed by atoms with Gasteiger partial charge in [-0.1, -0.05) is 28.4 Å². The summed E-state index contributed by atoms with van der Waals surface area (Å²) in [6.45, 7) is 1.91. The molecule has 0 saturated heterocycles. The fourth-order valence-electron chi connectivity index (χ4n) is 1.47. The number of pyridine rings is 1. The monoisotopic (exact) mass is 282 g/mol. The Bertz CT molecular complexity index is 558. The van der Waals surface area contributed by atoms with Crippen LogP contribution in [0.5, 0.6) is 0 Å². The molecule has 0 aliphatic heterocycles. The van der Waals surface area contributed by atoms with Crippen LogP contribution in [0.3, 0.4) is 0 Å². The molecule has 1 aromatic heterocycles. The molecule has 2 aromatic rings. The van der Waals surface area contributed by atoms with Gasteiger partial charge in [-0.05, 0) is 18.2 Å². The molecule has 3 nitrogen and oxygen atoms in total. The Balaban J connectivity index is 0.00000162. The Hall–Kier alpha value is -1.58. The number of hydrogen-bond acceptors (Lipinski definition) is 1. The van der Waals surface area contributed by atoms with Crippen molar-refractivity contribution in [1.29, 1.82) is 0 Å². The Kier molecular flexibility index (Phi) is 5.13. The van der Waals surface area contributed by atoms with Crippen LogP contribution in [0.4, 0.5) is 0 Å². The van der Waals surface area contributed by atoms with Gasteiger partial charge in [0, 0.05) is 19.1 Å². The number of hydrogen-bond donors (Lipinski definition) is 1. The molecule has 0 radical (unpaired) electrons. The molecule has 1 aromatic carbocycles. The van der Waals surface area contributed by atoms with Crippen molar-refractivity contribution in [3.8, 4) is 0 Å². The van der Waals surface area contributed by atoms with E-state index in [0.717, 1.165) is 5.69 Å². The zero-order valence-corrected chi connectivity index (χ0v) is 11.2. The lowest BCUT2D eigenvalue weighted by molar-refractivity contribution is -0.647. The molecule has 1 amide bonds. The number of rotatable bonds is 2. The van der Waals surface area contributed by atoms with Gasteiger partial charge in [0.2, 0.25) is 5.69 Å². The second kappa shape index (κ2) is 6.38. The Morgan fingerprint density at radius 3 is 2.50 bits per heavy atom. The van der Waals surface area contributed by atoms with Gasteiger partial charge in [-0.2, -0.15) is 0 Å². The van der Waals surface area contributed by atoms with Gasteiger partial charge in [-0.3, -0.25) is 4.79 Å². The molecule has 0 spiro atoms. The van der Waals surface area contributed by atoms with Crippen LogP contribution in [0.2, 0.25) is 5.02 Å². The van der Waals surface area contributed by atoms with Crippen molar-refractivity contribution in [2.45, 2.75) is 6.92 Å². The van der Waals surface area contributed by atoms with E-state index >= 15 is 0 Å². The molecule has 0 unspecified atom stereocenters. The van der Waals surface area contributed by atoms with Crippen molar-refractivity contribution in [1.82, 2.24) is 0 Å². The number of nitrogens with zero attached hydrogens (tertiary/aromatic N) is 1. The SMILES string of the molecule is Cc1cccc[n+]1NC(=O)c1ccccc1Cl.[Cl-]. The van der Waals surface area contributed by atoms with Gasteiger partial charge in [-0.25, -0.2) is 0 Å². The van der Waals surface area contributed by atoms with Gasteiger partial charge >= 0.3 is 5.91 Å². The van der Waals surface area contributed by atoms with Crippen LogP contribution in [-0.4, -0.2) is 5.91 Å². The van der Waals surface area contributed by atoms with Crippen LogP contribution in [0.15, 0.2) is 48.7 Å². The summed E-state index contributed by atoms with van der Waals surface area (Å²) < 4.78 is 1.66. The summed E-state index contributed by atoms with van der Waals surface area (Å²) in [5, 5.41) is 0.444. The van der Waals surface area contributed by atoms with Crippen molar-refractivity contribution in [2.75, 3.05) is 5.43 Å². The maximum absolute atomic E-state index is 12.0. The fraction of sp³-hybridized carbons (Fsp3) is 0.0769. The van der Waals surface area contributed by atoms with E-state index in [-0.39, 0.29) is 18.3 Å². The number of aryl methyl sites for hydroxylation is 1. The van der Waals surface area contributed by atoms with E-state index in [9.17, 15) is 4.79 Å². The topological polar surface area (TPSA) is 33.0 Å². The highest BCUT2D eigenvalue weighted by atomic mass is 35.5. The van der Waals surface area contributed by atoms with Gasteiger partial charge in [0.25, 0.3) is 0 Å². The minimum atomic E-state index is -0.227. The molecule has 94 valence electrons. The zero-order chi connectivity index (χ0) is 12.3. The number of aromatic nitrogens is 1. The van der Waals surface area contributed by atoms with Gasteiger partial charge < -0.3 is 12.4 Å². The van der Waals surface area contributed by atoms with Gasteiger partial charge in [0.05, 0.1) is 10.6 Å². The van der Waals surface area contributed by atoms with E-state index in [1.807, 2.05) is 25.1 Å². The Labute approximate surface area is 117 Å². The molecule has 0 atom stereocenters. The predicted molar refractivity (Wildman–Crippen MR) is 66.5 cm³/mol. The fourth-order valence-corrected chi connectivity index (χ4v) is 1.69. The molecule has 1 heterocycles. The van der Waals surface area contributed by atoms with E-state index in [1.54, 1.807) is 35.1 Å². The minimum absolute atomic E-state index is 0. The lowest BCUT2D eigenvalue weighted by Gasteiger charge is -2.03. The maximum Gasteiger partial charge on any atom is 0.306 e. The normalized spacial score (nSPS) is 9.44. The first-order valence-corrected chi connectivity index (χ1v) is 5.59. The van der Waals surface area contributed by atoms with Crippen molar-refractivity contribution >= 4 is 17.5 Å². The van der Waals surface area contributed by atoms with Crippen LogP contribution in [0, 0.1) is 6.92 Å². The Morgan fingerprint density at radius 2 is 1.83 bits per heavy atom. The van der Waals surface area contributed by atoms with Crippen molar-refractivity contribution < 1.29 is 21.9 Å². The van der Waals surface area contributed by atoms with Crippen molar-refractivity contribution in [2.24, 2.45) is 0 Å². The van der Waals surface area contributed by atoms with E-state index in [4.69, 9.17) is 11.6 Å². The summed E-state index contributed by atoms with van der Waals surface area (Å²) >= 11 is 5.96. The molecule has 1 N–H and O–H groups in total. The van der Waals surface area contributed by atoms with E-state index in [1.165, 1.54) is 0 Å². The number of amides is 1. The van der Waals surface area contributed by atoms with Gasteiger partial charge in [0.15, 0.2) is 6.20 Å².